The monoisotopic (exact) mass is 383 g/mol. The summed E-state index contributed by atoms with van der Waals surface area (Å²) in [4.78, 5) is 28.9. The van der Waals surface area contributed by atoms with Crippen LogP contribution >= 0.6 is 23.1 Å². The lowest BCUT2D eigenvalue weighted by molar-refractivity contribution is -0.136. The highest BCUT2D eigenvalue weighted by Crippen LogP contribution is 2.36. The van der Waals surface area contributed by atoms with E-state index in [9.17, 15) is 14.7 Å². The van der Waals surface area contributed by atoms with Gasteiger partial charge in [-0.25, -0.2) is 9.66 Å². The first-order valence-electron chi connectivity index (χ1n) is 7.70. The molecule has 0 bridgehead atoms. The highest BCUT2D eigenvalue weighted by atomic mass is 32.2. The van der Waals surface area contributed by atoms with Gasteiger partial charge < -0.3 is 10.9 Å². The van der Waals surface area contributed by atoms with Crippen LogP contribution in [0.3, 0.4) is 0 Å². The molecule has 3 N–H and O–H groups in total. The van der Waals surface area contributed by atoms with Gasteiger partial charge in [0.1, 0.15) is 9.95 Å². The van der Waals surface area contributed by atoms with E-state index < -0.39 is 11.2 Å². The van der Waals surface area contributed by atoms with Crippen LogP contribution < -0.4 is 11.4 Å². The molecule has 26 heavy (non-hydrogen) atoms. The van der Waals surface area contributed by atoms with Gasteiger partial charge in [-0.1, -0.05) is 60.3 Å². The molecule has 0 spiro atoms. The number of aliphatic carboxylic acids is 1. The number of hydrogen-bond acceptors (Lipinski definition) is 6. The zero-order valence-electron chi connectivity index (χ0n) is 13.3. The Kier molecular flexibility index (Phi) is 4.14. The molecule has 0 aliphatic carbocycles. The Morgan fingerprint density at radius 2 is 1.85 bits per heavy atom. The molecule has 130 valence electrons. The van der Waals surface area contributed by atoms with Gasteiger partial charge in [0.05, 0.1) is 5.52 Å². The molecule has 0 saturated carbocycles. The number of carboxylic acids is 1. The van der Waals surface area contributed by atoms with E-state index in [0.717, 1.165) is 26.5 Å². The molecular weight excluding hydrogens is 370 g/mol. The molecule has 4 rings (SSSR count). The van der Waals surface area contributed by atoms with Crippen molar-refractivity contribution in [3.63, 3.8) is 0 Å². The van der Waals surface area contributed by atoms with E-state index in [0.29, 0.717) is 15.8 Å². The minimum absolute atomic E-state index is 0.169. The van der Waals surface area contributed by atoms with E-state index in [4.69, 9.17) is 5.84 Å². The van der Waals surface area contributed by atoms with E-state index >= 15 is 0 Å². The Labute approximate surface area is 155 Å². The number of nitrogens with zero attached hydrogens (tertiary/aromatic N) is 2. The van der Waals surface area contributed by atoms with E-state index in [1.165, 1.54) is 11.3 Å². The molecule has 2 aromatic heterocycles. The lowest BCUT2D eigenvalue weighted by Gasteiger charge is -2.13. The number of nitrogen functional groups attached to an aromatic ring is 1. The third-order valence-electron chi connectivity index (χ3n) is 3.95. The summed E-state index contributed by atoms with van der Waals surface area (Å²) in [5, 5.41) is 9.73. The van der Waals surface area contributed by atoms with Gasteiger partial charge in [-0.2, -0.15) is 0 Å². The number of thioether (sulfide) groups is 1. The Balaban J connectivity index is 1.88. The maximum atomic E-state index is 12.7. The summed E-state index contributed by atoms with van der Waals surface area (Å²) in [6.45, 7) is 0. The summed E-state index contributed by atoms with van der Waals surface area (Å²) in [5.74, 6) is 4.91. The molecule has 0 saturated heterocycles. The molecule has 0 radical (unpaired) electrons. The van der Waals surface area contributed by atoms with Crippen LogP contribution in [0.25, 0.3) is 20.3 Å². The van der Waals surface area contributed by atoms with E-state index in [1.807, 2.05) is 30.3 Å². The summed E-state index contributed by atoms with van der Waals surface area (Å²) in [5.41, 5.74) is 0.780. The second-order valence-corrected chi connectivity index (χ2v) is 7.72. The zero-order valence-corrected chi connectivity index (χ0v) is 15.0. The van der Waals surface area contributed by atoms with Gasteiger partial charge in [0, 0.05) is 10.1 Å². The number of thiophene rings is 1. The summed E-state index contributed by atoms with van der Waals surface area (Å²) < 4.78 is 2.33. The van der Waals surface area contributed by atoms with Crippen LogP contribution in [0.15, 0.2) is 64.5 Å². The van der Waals surface area contributed by atoms with Crippen LogP contribution in [0.4, 0.5) is 0 Å². The van der Waals surface area contributed by atoms with Crippen LogP contribution in [0.1, 0.15) is 10.8 Å². The first-order chi connectivity index (χ1) is 12.6. The molecule has 2 aromatic carbocycles. The molecule has 2 heterocycles. The smallest absolute Gasteiger partial charge is 0.321 e. The van der Waals surface area contributed by atoms with Crippen molar-refractivity contribution >= 4 is 49.4 Å². The molecule has 0 aliphatic rings. The summed E-state index contributed by atoms with van der Waals surface area (Å²) in [6, 6.07) is 16.4. The fourth-order valence-corrected chi connectivity index (χ4v) is 4.74. The van der Waals surface area contributed by atoms with Gasteiger partial charge in [0.2, 0.25) is 0 Å². The Hall–Kier alpha value is -2.84. The standard InChI is InChI=1S/C18H13N3O3S2/c19-21-16(22)15-13(11-8-4-5-9-12(11)25-15)20-18(21)26-14(17(23)24)10-6-2-1-3-7-10/h1-9,14H,19H2,(H,23,24). The summed E-state index contributed by atoms with van der Waals surface area (Å²) in [7, 11) is 0. The third kappa shape index (κ3) is 2.73. The van der Waals surface area contributed by atoms with E-state index in [-0.39, 0.29) is 10.7 Å². The number of hydrogen-bond donors (Lipinski definition) is 2. The van der Waals surface area contributed by atoms with Gasteiger partial charge in [-0.05, 0) is 11.6 Å². The molecule has 1 unspecified atom stereocenters. The molecule has 4 aromatic rings. The predicted molar refractivity (Wildman–Crippen MR) is 104 cm³/mol. The maximum absolute atomic E-state index is 12.7. The second-order valence-electron chi connectivity index (χ2n) is 5.59. The van der Waals surface area contributed by atoms with Gasteiger partial charge in [-0.3, -0.25) is 9.59 Å². The normalized spacial score (nSPS) is 12.5. The maximum Gasteiger partial charge on any atom is 0.321 e. The van der Waals surface area contributed by atoms with Crippen molar-refractivity contribution < 1.29 is 9.90 Å². The van der Waals surface area contributed by atoms with Crippen molar-refractivity contribution in [1.29, 1.82) is 0 Å². The number of fused-ring (bicyclic) bond motifs is 3. The lowest BCUT2D eigenvalue weighted by Crippen LogP contribution is -2.29. The SMILES string of the molecule is Nn1c(SC(C(=O)O)c2ccccc2)nc2c(sc3ccccc32)c1=O. The van der Waals surface area contributed by atoms with Crippen molar-refractivity contribution in [1.82, 2.24) is 9.66 Å². The number of nitrogens with two attached hydrogens (primary N) is 1. The highest BCUT2D eigenvalue weighted by molar-refractivity contribution is 8.00. The Morgan fingerprint density at radius 1 is 1.15 bits per heavy atom. The minimum Gasteiger partial charge on any atom is -0.480 e. The topological polar surface area (TPSA) is 98.2 Å². The molecular formula is C18H13N3O3S2. The van der Waals surface area contributed by atoms with Crippen LogP contribution in [-0.2, 0) is 4.79 Å². The van der Waals surface area contributed by atoms with Crippen LogP contribution in [0.5, 0.6) is 0 Å². The van der Waals surface area contributed by atoms with Crippen molar-refractivity contribution in [2.45, 2.75) is 10.4 Å². The number of carboxylic acid groups (broad SMARTS) is 1. The van der Waals surface area contributed by atoms with Gasteiger partial charge in [0.25, 0.3) is 5.56 Å². The largest absolute Gasteiger partial charge is 0.480 e. The molecule has 0 amide bonds. The van der Waals surface area contributed by atoms with Gasteiger partial charge in [0.15, 0.2) is 5.16 Å². The average Bonchev–Trinajstić information content (AvgIpc) is 3.02. The third-order valence-corrected chi connectivity index (χ3v) is 6.30. The summed E-state index contributed by atoms with van der Waals surface area (Å²) in [6.07, 6.45) is 0. The highest BCUT2D eigenvalue weighted by Gasteiger charge is 2.25. The number of carbonyl (C=O) groups is 1. The summed E-state index contributed by atoms with van der Waals surface area (Å²) >= 11 is 2.28. The molecule has 8 heteroatoms. The van der Waals surface area contributed by atoms with Crippen LogP contribution in [-0.4, -0.2) is 20.7 Å². The number of rotatable bonds is 4. The van der Waals surface area contributed by atoms with E-state index in [2.05, 4.69) is 4.98 Å². The Bertz CT molecular complexity index is 1180. The van der Waals surface area contributed by atoms with Crippen molar-refractivity contribution in [2.75, 3.05) is 5.84 Å². The number of benzene rings is 2. The quantitative estimate of drug-likeness (QED) is 0.319. The van der Waals surface area contributed by atoms with Gasteiger partial charge in [-0.15, -0.1) is 11.3 Å². The fourth-order valence-electron chi connectivity index (χ4n) is 2.71. The molecule has 1 atom stereocenters. The molecule has 6 nitrogen and oxygen atoms in total. The fraction of sp³-hybridized carbons (Fsp3) is 0.0556. The van der Waals surface area contributed by atoms with Crippen molar-refractivity contribution in [3.05, 3.63) is 70.5 Å². The predicted octanol–water partition coefficient (Wildman–Crippen LogP) is 3.24. The van der Waals surface area contributed by atoms with Crippen LogP contribution in [0, 0.1) is 0 Å². The Morgan fingerprint density at radius 3 is 2.58 bits per heavy atom. The average molecular weight is 383 g/mol. The van der Waals surface area contributed by atoms with Crippen LogP contribution in [0.2, 0.25) is 0 Å². The van der Waals surface area contributed by atoms with Gasteiger partial charge >= 0.3 is 5.97 Å². The van der Waals surface area contributed by atoms with Crippen molar-refractivity contribution in [2.24, 2.45) is 0 Å². The second kappa shape index (κ2) is 6.47. The molecule has 0 fully saturated rings. The first kappa shape index (κ1) is 16.6. The first-order valence-corrected chi connectivity index (χ1v) is 9.39. The lowest BCUT2D eigenvalue weighted by atomic mass is 10.1. The van der Waals surface area contributed by atoms with Crippen molar-refractivity contribution in [3.8, 4) is 0 Å². The number of aromatic nitrogens is 2. The van der Waals surface area contributed by atoms with E-state index in [1.54, 1.807) is 24.3 Å². The molecule has 0 aliphatic heterocycles. The zero-order chi connectivity index (χ0) is 18.3. The minimum atomic E-state index is -1.02.